The molecule has 1 aliphatic carbocycles. The molecule has 0 heterocycles. The standard InChI is InChI=1S/C10H19NO2/c1-2-5-13-7-10(12)8-3-4-9(11)6-8/h8-9H,2-7,11H2,1H3. The van der Waals surface area contributed by atoms with Crippen LogP contribution in [0, 0.1) is 5.92 Å². The first-order valence-electron chi connectivity index (χ1n) is 5.10. The van der Waals surface area contributed by atoms with Crippen LogP contribution in [-0.4, -0.2) is 25.0 Å². The molecule has 0 amide bonds. The smallest absolute Gasteiger partial charge is 0.161 e. The lowest BCUT2D eigenvalue weighted by molar-refractivity contribution is -0.127. The average Bonchev–Trinajstić information content (AvgIpc) is 2.52. The summed E-state index contributed by atoms with van der Waals surface area (Å²) in [7, 11) is 0. The highest BCUT2D eigenvalue weighted by atomic mass is 16.5. The number of hydrogen-bond donors (Lipinski definition) is 1. The molecule has 1 rings (SSSR count). The van der Waals surface area contributed by atoms with Crippen LogP contribution in [0.1, 0.15) is 32.6 Å². The van der Waals surface area contributed by atoms with Crippen molar-refractivity contribution in [1.82, 2.24) is 0 Å². The van der Waals surface area contributed by atoms with Crippen molar-refractivity contribution in [3.05, 3.63) is 0 Å². The number of carbonyl (C=O) groups is 1. The fraction of sp³-hybridized carbons (Fsp3) is 0.900. The van der Waals surface area contributed by atoms with Crippen molar-refractivity contribution in [2.24, 2.45) is 11.7 Å². The number of Topliss-reactive ketones (excluding diaryl/α,β-unsaturated/α-hetero) is 1. The molecule has 76 valence electrons. The van der Waals surface area contributed by atoms with Crippen LogP contribution in [-0.2, 0) is 9.53 Å². The van der Waals surface area contributed by atoms with Gasteiger partial charge in [-0.3, -0.25) is 4.79 Å². The summed E-state index contributed by atoms with van der Waals surface area (Å²) in [5.74, 6) is 0.410. The number of nitrogens with two attached hydrogens (primary N) is 1. The highest BCUT2D eigenvalue weighted by Crippen LogP contribution is 2.24. The molecule has 1 fully saturated rings. The molecule has 2 N–H and O–H groups in total. The molecule has 0 aliphatic heterocycles. The Hall–Kier alpha value is -0.410. The topological polar surface area (TPSA) is 52.3 Å². The molecule has 3 heteroatoms. The minimum atomic E-state index is 0.173. The first-order valence-corrected chi connectivity index (χ1v) is 5.10. The van der Waals surface area contributed by atoms with Gasteiger partial charge in [0.25, 0.3) is 0 Å². The van der Waals surface area contributed by atoms with E-state index in [1.807, 2.05) is 6.92 Å². The van der Waals surface area contributed by atoms with Crippen molar-refractivity contribution in [2.45, 2.75) is 38.6 Å². The zero-order valence-electron chi connectivity index (χ0n) is 8.29. The van der Waals surface area contributed by atoms with Crippen molar-refractivity contribution in [3.8, 4) is 0 Å². The molecule has 2 atom stereocenters. The molecule has 0 saturated heterocycles. The zero-order chi connectivity index (χ0) is 9.68. The maximum absolute atomic E-state index is 11.5. The van der Waals surface area contributed by atoms with Crippen LogP contribution in [0.2, 0.25) is 0 Å². The van der Waals surface area contributed by atoms with Gasteiger partial charge < -0.3 is 10.5 Å². The van der Waals surface area contributed by atoms with E-state index in [2.05, 4.69) is 0 Å². The Labute approximate surface area is 79.6 Å². The third-order valence-electron chi connectivity index (χ3n) is 2.52. The lowest BCUT2D eigenvalue weighted by Gasteiger charge is -2.08. The molecule has 0 aromatic rings. The number of ketones is 1. The molecule has 0 radical (unpaired) electrons. The first kappa shape index (κ1) is 10.7. The van der Waals surface area contributed by atoms with Crippen LogP contribution >= 0.6 is 0 Å². The van der Waals surface area contributed by atoms with E-state index < -0.39 is 0 Å². The lowest BCUT2D eigenvalue weighted by Crippen LogP contribution is -2.21. The van der Waals surface area contributed by atoms with Crippen LogP contribution in [0.15, 0.2) is 0 Å². The summed E-state index contributed by atoms with van der Waals surface area (Å²) in [5, 5.41) is 0. The van der Waals surface area contributed by atoms with Crippen LogP contribution in [0.25, 0.3) is 0 Å². The lowest BCUT2D eigenvalue weighted by atomic mass is 10.0. The third-order valence-corrected chi connectivity index (χ3v) is 2.52. The fourth-order valence-corrected chi connectivity index (χ4v) is 1.74. The van der Waals surface area contributed by atoms with E-state index in [1.165, 1.54) is 0 Å². The minimum Gasteiger partial charge on any atom is -0.374 e. The van der Waals surface area contributed by atoms with Gasteiger partial charge in [-0.05, 0) is 25.7 Å². The summed E-state index contributed by atoms with van der Waals surface area (Å²) in [6.07, 6.45) is 3.77. The number of hydrogen-bond acceptors (Lipinski definition) is 3. The largest absolute Gasteiger partial charge is 0.374 e. The summed E-state index contributed by atoms with van der Waals surface area (Å²) in [6, 6.07) is 0.236. The van der Waals surface area contributed by atoms with Gasteiger partial charge in [0.2, 0.25) is 0 Å². The highest BCUT2D eigenvalue weighted by molar-refractivity contribution is 5.82. The van der Waals surface area contributed by atoms with E-state index in [1.54, 1.807) is 0 Å². The normalized spacial score (nSPS) is 27.8. The van der Waals surface area contributed by atoms with Gasteiger partial charge in [0, 0.05) is 18.6 Å². The Balaban J connectivity index is 2.16. The highest BCUT2D eigenvalue weighted by Gasteiger charge is 2.27. The minimum absolute atomic E-state index is 0.173. The van der Waals surface area contributed by atoms with E-state index in [0.29, 0.717) is 6.61 Å². The van der Waals surface area contributed by atoms with Gasteiger partial charge in [0.05, 0.1) is 0 Å². The van der Waals surface area contributed by atoms with Crippen molar-refractivity contribution in [1.29, 1.82) is 0 Å². The second kappa shape index (κ2) is 5.35. The summed E-state index contributed by atoms with van der Waals surface area (Å²) < 4.78 is 5.20. The molecule has 1 saturated carbocycles. The van der Waals surface area contributed by atoms with Crippen molar-refractivity contribution < 1.29 is 9.53 Å². The first-order chi connectivity index (χ1) is 6.24. The Morgan fingerprint density at radius 1 is 1.54 bits per heavy atom. The van der Waals surface area contributed by atoms with Crippen LogP contribution in [0.4, 0.5) is 0 Å². The Bertz CT molecular complexity index is 170. The third kappa shape index (κ3) is 3.44. The van der Waals surface area contributed by atoms with Gasteiger partial charge in [-0.1, -0.05) is 6.92 Å². The van der Waals surface area contributed by atoms with Gasteiger partial charge >= 0.3 is 0 Å². The number of rotatable bonds is 5. The Morgan fingerprint density at radius 2 is 2.31 bits per heavy atom. The average molecular weight is 185 g/mol. The second-order valence-corrected chi connectivity index (χ2v) is 3.79. The quantitative estimate of drug-likeness (QED) is 0.653. The molecule has 0 aromatic heterocycles. The summed E-state index contributed by atoms with van der Waals surface area (Å²) in [6.45, 7) is 3.01. The van der Waals surface area contributed by atoms with Gasteiger partial charge in [-0.2, -0.15) is 0 Å². The van der Waals surface area contributed by atoms with E-state index in [0.717, 1.165) is 25.7 Å². The molecule has 0 spiro atoms. The molecule has 1 aliphatic rings. The molecule has 3 nitrogen and oxygen atoms in total. The maximum atomic E-state index is 11.5. The van der Waals surface area contributed by atoms with Crippen LogP contribution in [0.3, 0.4) is 0 Å². The monoisotopic (exact) mass is 185 g/mol. The summed E-state index contributed by atoms with van der Waals surface area (Å²) in [4.78, 5) is 11.5. The molecule has 0 bridgehead atoms. The second-order valence-electron chi connectivity index (χ2n) is 3.79. The maximum Gasteiger partial charge on any atom is 0.161 e. The van der Waals surface area contributed by atoms with Gasteiger partial charge in [-0.15, -0.1) is 0 Å². The summed E-state index contributed by atoms with van der Waals surface area (Å²) in [5.41, 5.74) is 5.72. The molecule has 13 heavy (non-hydrogen) atoms. The number of ether oxygens (including phenoxy) is 1. The SMILES string of the molecule is CCCOCC(=O)C1CCC(N)C1. The molecule has 2 unspecified atom stereocenters. The van der Waals surface area contributed by atoms with Crippen molar-refractivity contribution >= 4 is 5.78 Å². The van der Waals surface area contributed by atoms with Gasteiger partial charge in [0.15, 0.2) is 5.78 Å². The predicted octanol–water partition coefficient (Wildman–Crippen LogP) is 1.11. The van der Waals surface area contributed by atoms with Crippen molar-refractivity contribution in [3.63, 3.8) is 0 Å². The van der Waals surface area contributed by atoms with E-state index in [-0.39, 0.29) is 24.3 Å². The predicted molar refractivity (Wildman–Crippen MR) is 51.4 cm³/mol. The Kier molecular flexibility index (Phi) is 4.39. The van der Waals surface area contributed by atoms with Crippen LogP contribution < -0.4 is 5.73 Å². The van der Waals surface area contributed by atoms with Gasteiger partial charge in [0.1, 0.15) is 6.61 Å². The number of carbonyl (C=O) groups excluding carboxylic acids is 1. The molecular formula is C10H19NO2. The zero-order valence-corrected chi connectivity index (χ0v) is 8.29. The Morgan fingerprint density at radius 3 is 2.85 bits per heavy atom. The molecular weight excluding hydrogens is 166 g/mol. The van der Waals surface area contributed by atoms with Gasteiger partial charge in [-0.25, -0.2) is 0 Å². The van der Waals surface area contributed by atoms with E-state index >= 15 is 0 Å². The molecule has 0 aromatic carbocycles. The summed E-state index contributed by atoms with van der Waals surface area (Å²) >= 11 is 0. The van der Waals surface area contributed by atoms with Crippen molar-refractivity contribution in [2.75, 3.05) is 13.2 Å². The van der Waals surface area contributed by atoms with E-state index in [9.17, 15) is 4.79 Å². The van der Waals surface area contributed by atoms with Crippen LogP contribution in [0.5, 0.6) is 0 Å². The van der Waals surface area contributed by atoms with E-state index in [4.69, 9.17) is 10.5 Å². The fourth-order valence-electron chi connectivity index (χ4n) is 1.74.